The van der Waals surface area contributed by atoms with E-state index in [2.05, 4.69) is 10.6 Å². The predicted molar refractivity (Wildman–Crippen MR) is 109 cm³/mol. The van der Waals surface area contributed by atoms with Crippen LogP contribution in [0.5, 0.6) is 5.75 Å². The molecule has 7 heteroatoms. The van der Waals surface area contributed by atoms with Crippen LogP contribution in [-0.2, 0) is 9.53 Å². The number of carbonyl (C=O) groups excluding carboxylic acids is 2. The van der Waals surface area contributed by atoms with Gasteiger partial charge in [0.2, 0.25) is 0 Å². The van der Waals surface area contributed by atoms with Crippen LogP contribution in [-0.4, -0.2) is 69.8 Å². The van der Waals surface area contributed by atoms with Crippen LogP contribution in [0, 0.1) is 13.8 Å². The summed E-state index contributed by atoms with van der Waals surface area (Å²) in [4.78, 5) is 26.5. The van der Waals surface area contributed by atoms with Crippen LogP contribution in [0.1, 0.15) is 40.7 Å². The molecule has 0 spiro atoms. The van der Waals surface area contributed by atoms with E-state index in [0.717, 1.165) is 43.6 Å². The van der Waals surface area contributed by atoms with Gasteiger partial charge >= 0.3 is 0 Å². The number of ether oxygens (including phenoxy) is 2. The van der Waals surface area contributed by atoms with Gasteiger partial charge in [-0.2, -0.15) is 0 Å². The Morgan fingerprint density at radius 2 is 1.71 bits per heavy atom. The van der Waals surface area contributed by atoms with Crippen LogP contribution in [0.3, 0.4) is 0 Å². The number of rotatable bonds is 10. The van der Waals surface area contributed by atoms with E-state index in [1.54, 1.807) is 19.2 Å². The first-order valence-electron chi connectivity index (χ1n) is 10.0. The van der Waals surface area contributed by atoms with Crippen molar-refractivity contribution in [3.05, 3.63) is 28.8 Å². The predicted octanol–water partition coefficient (Wildman–Crippen LogP) is 1.66. The van der Waals surface area contributed by atoms with Crippen LogP contribution in [0.25, 0.3) is 0 Å². The van der Waals surface area contributed by atoms with Crippen molar-refractivity contribution in [2.24, 2.45) is 0 Å². The lowest BCUT2D eigenvalue weighted by molar-refractivity contribution is -0.134. The molecule has 0 radical (unpaired) electrons. The Bertz CT molecular complexity index is 634. The number of nitrogens with zero attached hydrogens (tertiary/aromatic N) is 1. The number of amides is 2. The highest BCUT2D eigenvalue weighted by atomic mass is 16.5. The minimum Gasteiger partial charge on any atom is -0.483 e. The molecule has 2 rings (SSSR count). The van der Waals surface area contributed by atoms with Crippen molar-refractivity contribution in [3.63, 3.8) is 0 Å². The van der Waals surface area contributed by atoms with E-state index in [9.17, 15) is 9.59 Å². The third-order valence-corrected chi connectivity index (χ3v) is 4.84. The summed E-state index contributed by atoms with van der Waals surface area (Å²) < 4.78 is 10.8. The molecule has 156 valence electrons. The Labute approximate surface area is 167 Å². The number of likely N-dealkylation sites (tertiary alicyclic amines) is 1. The van der Waals surface area contributed by atoms with E-state index in [-0.39, 0.29) is 18.4 Å². The van der Waals surface area contributed by atoms with Crippen LogP contribution in [0.15, 0.2) is 12.1 Å². The Balaban J connectivity index is 1.85. The maximum Gasteiger partial charge on any atom is 0.260 e. The molecule has 1 saturated heterocycles. The molecule has 0 atom stereocenters. The van der Waals surface area contributed by atoms with E-state index in [1.165, 1.54) is 6.42 Å². The molecule has 1 aromatic rings. The number of benzene rings is 1. The number of hydrogen-bond acceptors (Lipinski definition) is 5. The van der Waals surface area contributed by atoms with Gasteiger partial charge in [-0.1, -0.05) is 0 Å². The van der Waals surface area contributed by atoms with Crippen molar-refractivity contribution < 1.29 is 19.1 Å². The fraction of sp³-hybridized carbons (Fsp3) is 0.619. The first-order chi connectivity index (χ1) is 13.5. The summed E-state index contributed by atoms with van der Waals surface area (Å²) in [5, 5.41) is 6.08. The van der Waals surface area contributed by atoms with E-state index >= 15 is 0 Å². The minimum atomic E-state index is -0.115. The molecule has 0 aliphatic carbocycles. The molecule has 1 heterocycles. The monoisotopic (exact) mass is 391 g/mol. The van der Waals surface area contributed by atoms with E-state index in [0.29, 0.717) is 31.0 Å². The highest BCUT2D eigenvalue weighted by Crippen LogP contribution is 2.25. The molecule has 2 N–H and O–H groups in total. The van der Waals surface area contributed by atoms with Gasteiger partial charge in [0.25, 0.3) is 11.8 Å². The zero-order valence-electron chi connectivity index (χ0n) is 17.3. The Hall–Kier alpha value is -2.12. The summed E-state index contributed by atoms with van der Waals surface area (Å²) in [6.07, 6.45) is 3.32. The molecule has 0 aromatic heterocycles. The molecule has 1 aliphatic rings. The van der Waals surface area contributed by atoms with Crippen molar-refractivity contribution in [2.45, 2.75) is 33.1 Å². The molecule has 0 unspecified atom stereocenters. The van der Waals surface area contributed by atoms with Gasteiger partial charge in [-0.3, -0.25) is 9.59 Å². The van der Waals surface area contributed by atoms with Gasteiger partial charge in [-0.15, -0.1) is 0 Å². The maximum atomic E-state index is 12.4. The first kappa shape index (κ1) is 22.2. The van der Waals surface area contributed by atoms with Crippen molar-refractivity contribution >= 4 is 11.8 Å². The van der Waals surface area contributed by atoms with Gasteiger partial charge in [0.05, 0.1) is 6.61 Å². The second kappa shape index (κ2) is 11.7. The Kier molecular flexibility index (Phi) is 9.23. The molecule has 1 aromatic carbocycles. The number of methoxy groups -OCH3 is 1. The lowest BCUT2D eigenvalue weighted by atomic mass is 10.1. The number of hydrogen-bond donors (Lipinski definition) is 2. The Morgan fingerprint density at radius 1 is 1.04 bits per heavy atom. The van der Waals surface area contributed by atoms with Gasteiger partial charge < -0.3 is 25.0 Å². The lowest BCUT2D eigenvalue weighted by Crippen LogP contribution is -2.38. The SMILES string of the molecule is COCCNCCNC(=O)c1cc(C)c(OCC(=O)N2CCCCC2)c(C)c1. The van der Waals surface area contributed by atoms with Crippen molar-refractivity contribution in [1.29, 1.82) is 0 Å². The third-order valence-electron chi connectivity index (χ3n) is 4.84. The third kappa shape index (κ3) is 6.80. The smallest absolute Gasteiger partial charge is 0.260 e. The first-order valence-corrected chi connectivity index (χ1v) is 10.0. The average Bonchev–Trinajstić information content (AvgIpc) is 2.70. The zero-order valence-corrected chi connectivity index (χ0v) is 17.3. The highest BCUT2D eigenvalue weighted by Gasteiger charge is 2.18. The Morgan fingerprint density at radius 3 is 2.36 bits per heavy atom. The zero-order chi connectivity index (χ0) is 20.4. The summed E-state index contributed by atoms with van der Waals surface area (Å²) in [6, 6.07) is 3.61. The largest absolute Gasteiger partial charge is 0.483 e. The van der Waals surface area contributed by atoms with Gasteiger partial charge in [0, 0.05) is 45.4 Å². The van der Waals surface area contributed by atoms with Crippen molar-refractivity contribution in [1.82, 2.24) is 15.5 Å². The average molecular weight is 392 g/mol. The van der Waals surface area contributed by atoms with Crippen molar-refractivity contribution in [3.8, 4) is 5.75 Å². The number of nitrogens with one attached hydrogen (secondary N) is 2. The van der Waals surface area contributed by atoms with Gasteiger partial charge in [0.1, 0.15) is 5.75 Å². The summed E-state index contributed by atoms with van der Waals surface area (Å²) in [5.74, 6) is 0.597. The molecule has 0 saturated carbocycles. The normalized spacial score (nSPS) is 14.0. The summed E-state index contributed by atoms with van der Waals surface area (Å²) >= 11 is 0. The second-order valence-electron chi connectivity index (χ2n) is 7.17. The van der Waals surface area contributed by atoms with E-state index in [1.807, 2.05) is 18.7 Å². The molecular formula is C21H33N3O4. The molecule has 28 heavy (non-hydrogen) atoms. The number of carbonyl (C=O) groups is 2. The van der Waals surface area contributed by atoms with E-state index < -0.39 is 0 Å². The maximum absolute atomic E-state index is 12.4. The molecule has 0 bridgehead atoms. The fourth-order valence-corrected chi connectivity index (χ4v) is 3.34. The minimum absolute atomic E-state index is 0.0290. The van der Waals surface area contributed by atoms with E-state index in [4.69, 9.17) is 9.47 Å². The van der Waals surface area contributed by atoms with Crippen LogP contribution in [0.4, 0.5) is 0 Å². The van der Waals surface area contributed by atoms with Gasteiger partial charge in [0.15, 0.2) is 6.61 Å². The summed E-state index contributed by atoms with van der Waals surface area (Å²) in [6.45, 7) is 8.12. The number of aryl methyl sites for hydroxylation is 2. The second-order valence-corrected chi connectivity index (χ2v) is 7.17. The van der Waals surface area contributed by atoms with Gasteiger partial charge in [-0.05, 0) is 56.4 Å². The highest BCUT2D eigenvalue weighted by molar-refractivity contribution is 5.95. The standard InChI is InChI=1S/C21H33N3O4/c1-16-13-18(21(26)23-8-7-22-9-12-27-3)14-17(2)20(16)28-15-19(25)24-10-5-4-6-11-24/h13-14,22H,4-12,15H2,1-3H3,(H,23,26). The fourth-order valence-electron chi connectivity index (χ4n) is 3.34. The van der Waals surface area contributed by atoms with Gasteiger partial charge in [-0.25, -0.2) is 0 Å². The van der Waals surface area contributed by atoms with Crippen LogP contribution < -0.4 is 15.4 Å². The van der Waals surface area contributed by atoms with Crippen LogP contribution in [0.2, 0.25) is 0 Å². The molecule has 7 nitrogen and oxygen atoms in total. The summed E-state index contributed by atoms with van der Waals surface area (Å²) in [7, 11) is 1.66. The molecular weight excluding hydrogens is 358 g/mol. The molecule has 2 amide bonds. The van der Waals surface area contributed by atoms with Crippen LogP contribution >= 0.6 is 0 Å². The lowest BCUT2D eigenvalue weighted by Gasteiger charge is -2.26. The number of piperidine rings is 1. The van der Waals surface area contributed by atoms with Crippen molar-refractivity contribution in [2.75, 3.05) is 53.0 Å². The molecule has 1 aliphatic heterocycles. The summed E-state index contributed by atoms with van der Waals surface area (Å²) in [5.41, 5.74) is 2.31. The topological polar surface area (TPSA) is 79.9 Å². The quantitative estimate of drug-likeness (QED) is 0.593. The molecule has 1 fully saturated rings.